The Balaban J connectivity index is 2.52. The molecule has 1 amide bonds. The van der Waals surface area contributed by atoms with E-state index >= 15 is 0 Å². The lowest BCUT2D eigenvalue weighted by molar-refractivity contribution is 0.0996. The zero-order valence-electron chi connectivity index (χ0n) is 14.3. The Hall–Kier alpha value is -1.63. The smallest absolute Gasteiger partial charge is 0.282 e. The van der Waals surface area contributed by atoms with Crippen molar-refractivity contribution in [1.29, 1.82) is 0 Å². The van der Waals surface area contributed by atoms with Crippen LogP contribution >= 0.6 is 23.1 Å². The highest BCUT2D eigenvalue weighted by atomic mass is 35.5. The van der Waals surface area contributed by atoms with Crippen molar-refractivity contribution in [2.75, 3.05) is 13.7 Å². The van der Waals surface area contributed by atoms with Gasteiger partial charge in [0.25, 0.3) is 5.91 Å². The molecule has 1 aromatic carbocycles. The second-order valence-electron chi connectivity index (χ2n) is 6.35. The van der Waals surface area contributed by atoms with Gasteiger partial charge in [-0.25, -0.2) is 0 Å². The number of carbonyl (C=O) groups excluding carboxylic acids is 1. The average molecular weight is 368 g/mol. The molecule has 5 nitrogen and oxygen atoms in total. The van der Waals surface area contributed by atoms with Crippen molar-refractivity contribution >= 4 is 29.0 Å². The van der Waals surface area contributed by atoms with Crippen LogP contribution in [0, 0.1) is 0 Å². The van der Waals surface area contributed by atoms with E-state index in [1.807, 2.05) is 6.20 Å². The number of carbonyl (C=O) groups is 1. The molecule has 0 bridgehead atoms. The molecule has 24 heavy (non-hydrogen) atoms. The molecule has 130 valence electrons. The summed E-state index contributed by atoms with van der Waals surface area (Å²) in [5, 5.41) is 0.465. The van der Waals surface area contributed by atoms with E-state index in [4.69, 9.17) is 22.1 Å². The molecule has 1 aromatic heterocycles. The molecule has 0 radical (unpaired) electrons. The SMILES string of the molecule is COc1ccc(Cl)cc1C(=O)N=c1sn(C(C)(C)C)cc1CCN. The third-order valence-electron chi connectivity index (χ3n) is 3.40. The summed E-state index contributed by atoms with van der Waals surface area (Å²) in [5.74, 6) is 0.0734. The maximum Gasteiger partial charge on any atom is 0.282 e. The molecule has 0 saturated heterocycles. The minimum Gasteiger partial charge on any atom is -0.496 e. The third-order valence-corrected chi connectivity index (χ3v) is 5.01. The molecule has 1 heterocycles. The van der Waals surface area contributed by atoms with Crippen LogP contribution in [0.15, 0.2) is 29.4 Å². The minimum atomic E-state index is -0.379. The number of amides is 1. The van der Waals surface area contributed by atoms with E-state index in [0.29, 0.717) is 34.0 Å². The Kier molecular flexibility index (Phi) is 5.85. The van der Waals surface area contributed by atoms with E-state index in [9.17, 15) is 4.79 Å². The number of aromatic nitrogens is 1. The molecule has 2 N–H and O–H groups in total. The van der Waals surface area contributed by atoms with Crippen LogP contribution in [0.3, 0.4) is 0 Å². The number of nitrogens with zero attached hydrogens (tertiary/aromatic N) is 2. The number of hydrogen-bond acceptors (Lipinski definition) is 4. The Bertz CT molecular complexity index is 803. The van der Waals surface area contributed by atoms with Crippen LogP contribution in [0.1, 0.15) is 36.7 Å². The first-order chi connectivity index (χ1) is 11.3. The number of nitrogens with two attached hydrogens (primary N) is 1. The lowest BCUT2D eigenvalue weighted by Gasteiger charge is -2.19. The number of halogens is 1. The van der Waals surface area contributed by atoms with Crippen LogP contribution in [0.5, 0.6) is 5.75 Å². The van der Waals surface area contributed by atoms with Gasteiger partial charge in [0.15, 0.2) is 0 Å². The van der Waals surface area contributed by atoms with Crippen molar-refractivity contribution in [2.45, 2.75) is 32.7 Å². The molecule has 2 aromatic rings. The van der Waals surface area contributed by atoms with Crippen molar-refractivity contribution in [3.63, 3.8) is 0 Å². The van der Waals surface area contributed by atoms with Gasteiger partial charge in [0, 0.05) is 22.3 Å². The molecule has 0 fully saturated rings. The zero-order chi connectivity index (χ0) is 17.9. The van der Waals surface area contributed by atoms with Crippen LogP contribution in [0.2, 0.25) is 5.02 Å². The summed E-state index contributed by atoms with van der Waals surface area (Å²) in [5.41, 5.74) is 6.91. The van der Waals surface area contributed by atoms with E-state index in [1.165, 1.54) is 18.6 Å². The van der Waals surface area contributed by atoms with E-state index in [2.05, 4.69) is 29.7 Å². The van der Waals surface area contributed by atoms with Gasteiger partial charge in [-0.2, -0.15) is 4.99 Å². The van der Waals surface area contributed by atoms with Crippen molar-refractivity contribution in [3.05, 3.63) is 45.2 Å². The van der Waals surface area contributed by atoms with Gasteiger partial charge in [0.1, 0.15) is 10.4 Å². The largest absolute Gasteiger partial charge is 0.496 e. The normalized spacial score (nSPS) is 12.5. The van der Waals surface area contributed by atoms with Gasteiger partial charge in [-0.15, -0.1) is 0 Å². The van der Waals surface area contributed by atoms with E-state index in [-0.39, 0.29) is 11.4 Å². The second kappa shape index (κ2) is 7.51. The van der Waals surface area contributed by atoms with Gasteiger partial charge >= 0.3 is 0 Å². The number of rotatable bonds is 4. The van der Waals surface area contributed by atoms with Gasteiger partial charge in [-0.05, 0) is 63.5 Å². The fraction of sp³-hybridized carbons (Fsp3) is 0.412. The summed E-state index contributed by atoms with van der Waals surface area (Å²) < 4.78 is 7.99. The van der Waals surface area contributed by atoms with E-state index in [1.54, 1.807) is 18.2 Å². The highest BCUT2D eigenvalue weighted by molar-refractivity contribution is 7.04. The Labute approximate surface area is 150 Å². The molecule has 0 aliphatic rings. The number of methoxy groups -OCH3 is 1. The maximum absolute atomic E-state index is 12.6. The summed E-state index contributed by atoms with van der Waals surface area (Å²) in [6.45, 7) is 6.79. The third kappa shape index (κ3) is 4.26. The fourth-order valence-electron chi connectivity index (χ4n) is 2.12. The van der Waals surface area contributed by atoms with Crippen LogP contribution in [-0.2, 0) is 12.0 Å². The van der Waals surface area contributed by atoms with Crippen molar-refractivity contribution in [3.8, 4) is 5.75 Å². The Morgan fingerprint density at radius 3 is 2.71 bits per heavy atom. The first-order valence-corrected chi connectivity index (χ1v) is 8.76. The Morgan fingerprint density at radius 1 is 1.42 bits per heavy atom. The lowest BCUT2D eigenvalue weighted by Crippen LogP contribution is -2.18. The molecule has 0 saturated carbocycles. The maximum atomic E-state index is 12.6. The van der Waals surface area contributed by atoms with E-state index < -0.39 is 0 Å². The van der Waals surface area contributed by atoms with Crippen LogP contribution in [0.25, 0.3) is 0 Å². The van der Waals surface area contributed by atoms with Gasteiger partial charge in [0.05, 0.1) is 12.7 Å². The molecular formula is C17H22ClN3O2S. The molecule has 0 spiro atoms. The van der Waals surface area contributed by atoms with Crippen molar-refractivity contribution < 1.29 is 9.53 Å². The fourth-order valence-corrected chi connectivity index (χ4v) is 3.33. The summed E-state index contributed by atoms with van der Waals surface area (Å²) >= 11 is 7.45. The standard InChI is InChI=1S/C17H22ClN3O2S/c1-17(2,3)21-10-11(7-8-19)16(24-21)20-15(22)13-9-12(18)5-6-14(13)23-4/h5-6,9-10H,7-8,19H2,1-4H3. The average Bonchev–Trinajstić information content (AvgIpc) is 2.90. The molecule has 0 unspecified atom stereocenters. The molecule has 0 aliphatic carbocycles. The summed E-state index contributed by atoms with van der Waals surface area (Å²) in [4.78, 5) is 16.9. The molecule has 7 heteroatoms. The lowest BCUT2D eigenvalue weighted by atomic mass is 10.1. The van der Waals surface area contributed by atoms with E-state index in [0.717, 1.165) is 5.56 Å². The molecule has 2 rings (SSSR count). The second-order valence-corrected chi connectivity index (χ2v) is 7.75. The topological polar surface area (TPSA) is 69.6 Å². The molecule has 0 aliphatic heterocycles. The summed E-state index contributed by atoms with van der Waals surface area (Å²) in [6.07, 6.45) is 2.68. The first kappa shape index (κ1) is 18.7. The predicted molar refractivity (Wildman–Crippen MR) is 98.0 cm³/mol. The monoisotopic (exact) mass is 367 g/mol. The summed E-state index contributed by atoms with van der Waals surface area (Å²) in [7, 11) is 1.51. The van der Waals surface area contributed by atoms with Crippen molar-refractivity contribution in [2.24, 2.45) is 10.7 Å². The van der Waals surface area contributed by atoms with Gasteiger partial charge in [-0.1, -0.05) is 11.6 Å². The first-order valence-electron chi connectivity index (χ1n) is 7.61. The predicted octanol–water partition coefficient (Wildman–Crippen LogP) is 3.21. The number of ether oxygens (including phenoxy) is 1. The van der Waals surface area contributed by atoms with Gasteiger partial charge in [-0.3, -0.25) is 8.75 Å². The number of benzene rings is 1. The highest BCUT2D eigenvalue weighted by Gasteiger charge is 2.17. The zero-order valence-corrected chi connectivity index (χ0v) is 15.9. The minimum absolute atomic E-state index is 0.0847. The Morgan fingerprint density at radius 2 is 2.12 bits per heavy atom. The quantitative estimate of drug-likeness (QED) is 0.902. The molecular weight excluding hydrogens is 346 g/mol. The van der Waals surface area contributed by atoms with Gasteiger partial charge in [0.2, 0.25) is 0 Å². The highest BCUT2D eigenvalue weighted by Crippen LogP contribution is 2.23. The van der Waals surface area contributed by atoms with Crippen molar-refractivity contribution in [1.82, 2.24) is 3.96 Å². The molecule has 0 atom stereocenters. The van der Waals surface area contributed by atoms with Crippen LogP contribution < -0.4 is 15.1 Å². The van der Waals surface area contributed by atoms with Crippen LogP contribution in [-0.4, -0.2) is 23.5 Å². The number of hydrogen-bond donors (Lipinski definition) is 1. The van der Waals surface area contributed by atoms with Crippen LogP contribution in [0.4, 0.5) is 0 Å². The summed E-state index contributed by atoms with van der Waals surface area (Å²) in [6, 6.07) is 4.91. The van der Waals surface area contributed by atoms with Gasteiger partial charge < -0.3 is 10.5 Å².